The third kappa shape index (κ3) is 4.73. The van der Waals surface area contributed by atoms with E-state index < -0.39 is 30.1 Å². The van der Waals surface area contributed by atoms with Gasteiger partial charge in [-0.15, -0.1) is 0 Å². The Kier molecular flexibility index (Phi) is 7.50. The number of aliphatic hydroxyl groups is 2. The molecule has 2 aliphatic heterocycles. The topological polar surface area (TPSA) is 135 Å². The van der Waals surface area contributed by atoms with Crippen molar-refractivity contribution in [1.82, 2.24) is 10.2 Å². The number of fused-ring (bicyclic) bond motifs is 3. The smallest absolute Gasteiger partial charge is 0.247 e. The Hall–Kier alpha value is -2.95. The van der Waals surface area contributed by atoms with Crippen LogP contribution in [0.1, 0.15) is 53.9 Å². The molecule has 1 aromatic carbocycles. The van der Waals surface area contributed by atoms with Gasteiger partial charge in [-0.3, -0.25) is 14.4 Å². The van der Waals surface area contributed by atoms with Gasteiger partial charge in [-0.05, 0) is 43.9 Å². The maximum atomic E-state index is 13.6. The van der Waals surface area contributed by atoms with Crippen molar-refractivity contribution in [2.75, 3.05) is 33.4 Å². The van der Waals surface area contributed by atoms with Gasteiger partial charge in [0.15, 0.2) is 11.5 Å². The standard InChI is InChI=1S/C27H34N2O8/c1-35-21-11-15(14-31)10-18-22-19(26(33)28-7-8-30)12-20(23(32)25(22)37-24(18)21)29(13-17-6-3-9-36-17)27(34)16-4-2-5-16/h10-12,14,16-17,20,22-23,25,30,32H,2-9,13H2,1H3,(H,28,33)/t17-,20+,22-,23-,25-/m0/s1. The number of nitrogens with zero attached hydrogens (tertiary/aromatic N) is 1. The molecule has 3 N–H and O–H groups in total. The zero-order valence-corrected chi connectivity index (χ0v) is 20.9. The van der Waals surface area contributed by atoms with Gasteiger partial charge in [-0.25, -0.2) is 0 Å². The molecule has 37 heavy (non-hydrogen) atoms. The first-order chi connectivity index (χ1) is 18.0. The number of hydrogen-bond acceptors (Lipinski definition) is 8. The molecule has 5 atom stereocenters. The lowest BCUT2D eigenvalue weighted by molar-refractivity contribution is -0.146. The number of aldehydes is 1. The van der Waals surface area contributed by atoms with Crippen LogP contribution >= 0.6 is 0 Å². The molecule has 2 aliphatic carbocycles. The largest absolute Gasteiger partial charge is 0.493 e. The summed E-state index contributed by atoms with van der Waals surface area (Å²) in [5.41, 5.74) is 1.23. The lowest BCUT2D eigenvalue weighted by Gasteiger charge is -2.43. The summed E-state index contributed by atoms with van der Waals surface area (Å²) in [7, 11) is 1.46. The van der Waals surface area contributed by atoms with E-state index in [1.807, 2.05) is 0 Å². The van der Waals surface area contributed by atoms with Crippen molar-refractivity contribution in [2.24, 2.45) is 5.92 Å². The van der Waals surface area contributed by atoms with Gasteiger partial charge in [0, 0.05) is 42.3 Å². The zero-order chi connectivity index (χ0) is 26.1. The van der Waals surface area contributed by atoms with Crippen LogP contribution in [-0.2, 0) is 14.3 Å². The Morgan fingerprint density at radius 2 is 2.05 bits per heavy atom. The first kappa shape index (κ1) is 25.7. The fraction of sp³-hybridized carbons (Fsp3) is 0.593. The van der Waals surface area contributed by atoms with E-state index in [-0.39, 0.29) is 31.1 Å². The quantitative estimate of drug-likeness (QED) is 0.415. The van der Waals surface area contributed by atoms with Gasteiger partial charge in [0.25, 0.3) is 0 Å². The Morgan fingerprint density at radius 1 is 1.24 bits per heavy atom. The maximum absolute atomic E-state index is 13.6. The lowest BCUT2D eigenvalue weighted by atomic mass is 9.76. The molecule has 1 saturated heterocycles. The first-order valence-corrected chi connectivity index (χ1v) is 13.0. The van der Waals surface area contributed by atoms with Crippen molar-refractivity contribution in [3.05, 3.63) is 34.9 Å². The monoisotopic (exact) mass is 514 g/mol. The summed E-state index contributed by atoms with van der Waals surface area (Å²) < 4.78 is 17.5. The number of rotatable bonds is 9. The number of nitrogens with one attached hydrogen (secondary N) is 1. The van der Waals surface area contributed by atoms with Crippen LogP contribution in [0.25, 0.3) is 0 Å². The van der Waals surface area contributed by atoms with Gasteiger partial charge < -0.3 is 34.6 Å². The molecule has 10 heteroatoms. The maximum Gasteiger partial charge on any atom is 0.247 e. The van der Waals surface area contributed by atoms with Crippen molar-refractivity contribution < 1.29 is 38.8 Å². The summed E-state index contributed by atoms with van der Waals surface area (Å²) in [6, 6.07) is 2.38. The highest BCUT2D eigenvalue weighted by molar-refractivity contribution is 5.96. The van der Waals surface area contributed by atoms with E-state index in [1.165, 1.54) is 7.11 Å². The summed E-state index contributed by atoms with van der Waals surface area (Å²) in [5.74, 6) is -0.581. The third-order valence-corrected chi connectivity index (χ3v) is 7.93. The molecule has 0 radical (unpaired) electrons. The predicted molar refractivity (Wildman–Crippen MR) is 132 cm³/mol. The molecule has 4 aliphatic rings. The van der Waals surface area contributed by atoms with Gasteiger partial charge in [0.05, 0.1) is 31.8 Å². The number of carbonyl (C=O) groups is 3. The van der Waals surface area contributed by atoms with E-state index in [9.17, 15) is 24.6 Å². The molecule has 0 unspecified atom stereocenters. The van der Waals surface area contributed by atoms with Crippen LogP contribution in [0.2, 0.25) is 0 Å². The Bertz CT molecular complexity index is 1080. The molecule has 2 heterocycles. The molecule has 1 saturated carbocycles. The van der Waals surface area contributed by atoms with Crippen LogP contribution in [-0.4, -0.2) is 91.0 Å². The Balaban J connectivity index is 1.57. The molecule has 200 valence electrons. The summed E-state index contributed by atoms with van der Waals surface area (Å²) >= 11 is 0. The highest BCUT2D eigenvalue weighted by Crippen LogP contribution is 2.51. The lowest BCUT2D eigenvalue weighted by Crippen LogP contribution is -2.58. The second-order valence-corrected chi connectivity index (χ2v) is 10.2. The van der Waals surface area contributed by atoms with Gasteiger partial charge in [0.1, 0.15) is 18.5 Å². The minimum absolute atomic E-state index is 0.0484. The zero-order valence-electron chi connectivity index (χ0n) is 20.9. The van der Waals surface area contributed by atoms with E-state index in [4.69, 9.17) is 14.2 Å². The van der Waals surface area contributed by atoms with E-state index in [2.05, 4.69) is 5.32 Å². The normalized spacial score (nSPS) is 28.3. The highest BCUT2D eigenvalue weighted by Gasteiger charge is 2.52. The van der Waals surface area contributed by atoms with Gasteiger partial charge >= 0.3 is 0 Å². The molecule has 10 nitrogen and oxygen atoms in total. The third-order valence-electron chi connectivity index (χ3n) is 7.93. The minimum atomic E-state index is -1.14. The number of amides is 2. The Labute approximate surface area is 215 Å². The summed E-state index contributed by atoms with van der Waals surface area (Å²) in [5, 5.41) is 23.6. The van der Waals surface area contributed by atoms with E-state index in [1.54, 1.807) is 23.1 Å². The van der Waals surface area contributed by atoms with Crippen LogP contribution in [0.3, 0.4) is 0 Å². The van der Waals surface area contributed by atoms with Crippen molar-refractivity contribution >= 4 is 18.1 Å². The second kappa shape index (κ2) is 10.8. The fourth-order valence-corrected chi connectivity index (χ4v) is 5.81. The van der Waals surface area contributed by atoms with E-state index in [0.717, 1.165) is 32.1 Å². The molecular formula is C27H34N2O8. The van der Waals surface area contributed by atoms with Crippen molar-refractivity contribution in [3.8, 4) is 11.5 Å². The molecule has 2 fully saturated rings. The predicted octanol–water partition coefficient (Wildman–Crippen LogP) is 0.938. The number of hydrogen-bond donors (Lipinski definition) is 3. The molecular weight excluding hydrogens is 480 g/mol. The molecule has 2 amide bonds. The number of aliphatic hydroxyl groups excluding tert-OH is 2. The van der Waals surface area contributed by atoms with Gasteiger partial charge in [-0.2, -0.15) is 0 Å². The first-order valence-electron chi connectivity index (χ1n) is 13.0. The Morgan fingerprint density at radius 3 is 2.68 bits per heavy atom. The van der Waals surface area contributed by atoms with Crippen molar-refractivity contribution in [2.45, 2.75) is 62.4 Å². The number of benzene rings is 1. The molecule has 0 aromatic heterocycles. The minimum Gasteiger partial charge on any atom is -0.493 e. The van der Waals surface area contributed by atoms with E-state index in [0.29, 0.717) is 47.6 Å². The fourth-order valence-electron chi connectivity index (χ4n) is 5.81. The summed E-state index contributed by atoms with van der Waals surface area (Å²) in [4.78, 5) is 40.2. The average Bonchev–Trinajstić information content (AvgIpc) is 3.53. The summed E-state index contributed by atoms with van der Waals surface area (Å²) in [6.45, 7) is 0.769. The van der Waals surface area contributed by atoms with Gasteiger partial charge in [-0.1, -0.05) is 6.42 Å². The van der Waals surface area contributed by atoms with Gasteiger partial charge in [0.2, 0.25) is 11.8 Å². The second-order valence-electron chi connectivity index (χ2n) is 10.2. The number of methoxy groups -OCH3 is 1. The molecule has 1 aromatic rings. The van der Waals surface area contributed by atoms with Crippen molar-refractivity contribution in [3.63, 3.8) is 0 Å². The SMILES string of the molecule is COc1cc(C=O)cc2c1O[C@@H]1[C@@H](O)[C@H](N(C[C@@H]3CCCO3)C(=O)C3CCC3)C=C(C(=O)NCCO)[C@H]21. The van der Waals surface area contributed by atoms with Crippen LogP contribution in [0, 0.1) is 5.92 Å². The van der Waals surface area contributed by atoms with Crippen molar-refractivity contribution in [1.29, 1.82) is 0 Å². The van der Waals surface area contributed by atoms with Crippen LogP contribution in [0.15, 0.2) is 23.8 Å². The number of ether oxygens (including phenoxy) is 3. The highest BCUT2D eigenvalue weighted by atomic mass is 16.5. The average molecular weight is 515 g/mol. The molecule has 5 rings (SSSR count). The van der Waals surface area contributed by atoms with Crippen LogP contribution in [0.4, 0.5) is 0 Å². The van der Waals surface area contributed by atoms with E-state index >= 15 is 0 Å². The van der Waals surface area contributed by atoms with Crippen LogP contribution in [0.5, 0.6) is 11.5 Å². The summed E-state index contributed by atoms with van der Waals surface area (Å²) in [6.07, 6.45) is 4.53. The number of carbonyl (C=O) groups excluding carboxylic acids is 3. The van der Waals surface area contributed by atoms with Crippen LogP contribution < -0.4 is 14.8 Å². The molecule has 0 bridgehead atoms. The molecule has 0 spiro atoms.